The first-order chi connectivity index (χ1) is 8.11. The molecule has 0 aromatic heterocycles. The average molecular weight is 238 g/mol. The fourth-order valence-corrected chi connectivity index (χ4v) is 1.56. The Balaban J connectivity index is 2.32. The number of hydrogen-bond donors (Lipinski definition) is 2. The first-order valence-electron chi connectivity index (χ1n) is 5.77. The number of benzene rings is 1. The molecule has 0 saturated heterocycles. The van der Waals surface area contributed by atoms with Crippen molar-refractivity contribution in [1.82, 2.24) is 10.6 Å². The van der Waals surface area contributed by atoms with Crippen molar-refractivity contribution in [3.8, 4) is 0 Å². The predicted molar refractivity (Wildman–Crippen MR) is 66.2 cm³/mol. The van der Waals surface area contributed by atoms with Gasteiger partial charge in [-0.05, 0) is 37.2 Å². The molecule has 1 aromatic rings. The molecule has 17 heavy (non-hydrogen) atoms. The molecule has 0 radical (unpaired) electrons. The Kier molecular flexibility index (Phi) is 5.63. The monoisotopic (exact) mass is 238 g/mol. The van der Waals surface area contributed by atoms with Gasteiger partial charge in [-0.25, -0.2) is 4.39 Å². The van der Waals surface area contributed by atoms with Crippen molar-refractivity contribution < 1.29 is 9.18 Å². The van der Waals surface area contributed by atoms with Crippen molar-refractivity contribution in [2.24, 2.45) is 5.92 Å². The van der Waals surface area contributed by atoms with E-state index in [0.717, 1.165) is 12.1 Å². The standard InChI is InChI=1S/C13H19FN2O/c1-10(8-15-2)9-16-13(17)7-11-3-5-12(14)6-4-11/h3-6,10,15H,7-9H2,1-2H3,(H,16,17). The van der Waals surface area contributed by atoms with E-state index in [0.29, 0.717) is 18.9 Å². The summed E-state index contributed by atoms with van der Waals surface area (Å²) >= 11 is 0. The predicted octanol–water partition coefficient (Wildman–Crippen LogP) is 1.34. The van der Waals surface area contributed by atoms with Crippen molar-refractivity contribution in [2.75, 3.05) is 20.1 Å². The minimum absolute atomic E-state index is 0.0282. The molecular weight excluding hydrogens is 219 g/mol. The number of amides is 1. The molecule has 0 fully saturated rings. The highest BCUT2D eigenvalue weighted by atomic mass is 19.1. The molecule has 1 aromatic carbocycles. The zero-order chi connectivity index (χ0) is 12.7. The molecule has 0 spiro atoms. The quantitative estimate of drug-likeness (QED) is 0.785. The lowest BCUT2D eigenvalue weighted by Crippen LogP contribution is -2.33. The minimum atomic E-state index is -0.281. The van der Waals surface area contributed by atoms with E-state index < -0.39 is 0 Å². The summed E-state index contributed by atoms with van der Waals surface area (Å²) in [7, 11) is 1.89. The van der Waals surface area contributed by atoms with Crippen LogP contribution in [0.15, 0.2) is 24.3 Å². The number of carbonyl (C=O) groups is 1. The molecular formula is C13H19FN2O. The number of carbonyl (C=O) groups excluding carboxylic acids is 1. The lowest BCUT2D eigenvalue weighted by molar-refractivity contribution is -0.120. The fourth-order valence-electron chi connectivity index (χ4n) is 1.56. The van der Waals surface area contributed by atoms with Crippen molar-refractivity contribution in [3.05, 3.63) is 35.6 Å². The minimum Gasteiger partial charge on any atom is -0.355 e. The topological polar surface area (TPSA) is 41.1 Å². The largest absolute Gasteiger partial charge is 0.355 e. The smallest absolute Gasteiger partial charge is 0.224 e. The third kappa shape index (κ3) is 5.45. The van der Waals surface area contributed by atoms with Crippen LogP contribution in [0, 0.1) is 11.7 Å². The molecule has 1 rings (SSSR count). The highest BCUT2D eigenvalue weighted by Gasteiger charge is 2.05. The molecule has 2 N–H and O–H groups in total. The summed E-state index contributed by atoms with van der Waals surface area (Å²) in [4.78, 5) is 11.6. The third-order valence-electron chi connectivity index (χ3n) is 2.48. The molecule has 1 atom stereocenters. The number of rotatable bonds is 6. The van der Waals surface area contributed by atoms with Gasteiger partial charge in [0.05, 0.1) is 6.42 Å². The van der Waals surface area contributed by atoms with Crippen LogP contribution in [0.1, 0.15) is 12.5 Å². The van der Waals surface area contributed by atoms with Crippen LogP contribution in [0.25, 0.3) is 0 Å². The summed E-state index contributed by atoms with van der Waals surface area (Å²) in [5, 5.41) is 5.91. The van der Waals surface area contributed by atoms with Crippen LogP contribution in [0.3, 0.4) is 0 Å². The van der Waals surface area contributed by atoms with Crippen molar-refractivity contribution in [3.63, 3.8) is 0 Å². The van der Waals surface area contributed by atoms with Crippen LogP contribution in [-0.2, 0) is 11.2 Å². The maximum atomic E-state index is 12.7. The zero-order valence-electron chi connectivity index (χ0n) is 10.3. The summed E-state index contributed by atoms with van der Waals surface area (Å²) in [6.45, 7) is 3.59. The summed E-state index contributed by atoms with van der Waals surface area (Å²) < 4.78 is 12.7. The van der Waals surface area contributed by atoms with E-state index in [4.69, 9.17) is 0 Å². The zero-order valence-corrected chi connectivity index (χ0v) is 10.3. The van der Waals surface area contributed by atoms with Crippen molar-refractivity contribution in [2.45, 2.75) is 13.3 Å². The van der Waals surface area contributed by atoms with E-state index in [-0.39, 0.29) is 11.7 Å². The van der Waals surface area contributed by atoms with Gasteiger partial charge >= 0.3 is 0 Å². The molecule has 0 bridgehead atoms. The van der Waals surface area contributed by atoms with Gasteiger partial charge in [0.1, 0.15) is 5.82 Å². The summed E-state index contributed by atoms with van der Waals surface area (Å²) in [6, 6.07) is 6.00. The normalized spacial score (nSPS) is 12.2. The molecule has 0 heterocycles. The van der Waals surface area contributed by atoms with Gasteiger partial charge in [-0.3, -0.25) is 4.79 Å². The van der Waals surface area contributed by atoms with Gasteiger partial charge in [0.2, 0.25) is 5.91 Å². The Labute approximate surface area is 101 Å². The van der Waals surface area contributed by atoms with E-state index in [1.54, 1.807) is 12.1 Å². The molecule has 4 heteroatoms. The Bertz CT molecular complexity index is 351. The summed E-state index contributed by atoms with van der Waals surface area (Å²) in [5.74, 6) is 0.0912. The summed E-state index contributed by atoms with van der Waals surface area (Å²) in [6.07, 6.45) is 0.298. The lowest BCUT2D eigenvalue weighted by Gasteiger charge is -2.11. The molecule has 0 aliphatic rings. The van der Waals surface area contributed by atoms with E-state index in [1.165, 1.54) is 12.1 Å². The van der Waals surface area contributed by atoms with Gasteiger partial charge in [0, 0.05) is 6.54 Å². The molecule has 1 unspecified atom stereocenters. The number of halogens is 1. The molecule has 1 amide bonds. The Morgan fingerprint density at radius 1 is 1.29 bits per heavy atom. The highest BCUT2D eigenvalue weighted by molar-refractivity contribution is 5.78. The molecule has 0 saturated carbocycles. The molecule has 3 nitrogen and oxygen atoms in total. The van der Waals surface area contributed by atoms with Gasteiger partial charge in [-0.2, -0.15) is 0 Å². The van der Waals surface area contributed by atoms with E-state index in [9.17, 15) is 9.18 Å². The first-order valence-corrected chi connectivity index (χ1v) is 5.77. The second-order valence-corrected chi connectivity index (χ2v) is 4.27. The highest BCUT2D eigenvalue weighted by Crippen LogP contribution is 2.03. The molecule has 0 aliphatic heterocycles. The van der Waals surface area contributed by atoms with Crippen molar-refractivity contribution in [1.29, 1.82) is 0 Å². The second kappa shape index (κ2) is 7.01. The maximum Gasteiger partial charge on any atom is 0.224 e. The molecule has 94 valence electrons. The van der Waals surface area contributed by atoms with Crippen LogP contribution < -0.4 is 10.6 Å². The lowest BCUT2D eigenvalue weighted by atomic mass is 10.1. The Hall–Kier alpha value is -1.42. The van der Waals surface area contributed by atoms with Gasteiger partial charge in [-0.15, -0.1) is 0 Å². The van der Waals surface area contributed by atoms with Crippen LogP contribution in [0.4, 0.5) is 4.39 Å². The maximum absolute atomic E-state index is 12.7. The van der Waals surface area contributed by atoms with Crippen LogP contribution in [0.2, 0.25) is 0 Å². The van der Waals surface area contributed by atoms with Gasteiger partial charge < -0.3 is 10.6 Å². The van der Waals surface area contributed by atoms with Gasteiger partial charge in [0.25, 0.3) is 0 Å². The second-order valence-electron chi connectivity index (χ2n) is 4.27. The third-order valence-corrected chi connectivity index (χ3v) is 2.48. The Morgan fingerprint density at radius 2 is 1.94 bits per heavy atom. The van der Waals surface area contributed by atoms with Gasteiger partial charge in [0.15, 0.2) is 0 Å². The number of nitrogens with one attached hydrogen (secondary N) is 2. The Morgan fingerprint density at radius 3 is 2.53 bits per heavy atom. The average Bonchev–Trinajstić information content (AvgIpc) is 2.30. The van der Waals surface area contributed by atoms with E-state index >= 15 is 0 Å². The fraction of sp³-hybridized carbons (Fsp3) is 0.462. The van der Waals surface area contributed by atoms with Crippen LogP contribution >= 0.6 is 0 Å². The van der Waals surface area contributed by atoms with Crippen LogP contribution in [-0.4, -0.2) is 26.0 Å². The van der Waals surface area contributed by atoms with E-state index in [2.05, 4.69) is 17.6 Å². The van der Waals surface area contributed by atoms with E-state index in [1.807, 2.05) is 7.05 Å². The van der Waals surface area contributed by atoms with Gasteiger partial charge in [-0.1, -0.05) is 19.1 Å². The van der Waals surface area contributed by atoms with Crippen LogP contribution in [0.5, 0.6) is 0 Å². The number of hydrogen-bond acceptors (Lipinski definition) is 2. The summed E-state index contributed by atoms with van der Waals surface area (Å²) in [5.41, 5.74) is 0.824. The SMILES string of the molecule is CNCC(C)CNC(=O)Cc1ccc(F)cc1. The first kappa shape index (κ1) is 13.6. The molecule has 0 aliphatic carbocycles. The van der Waals surface area contributed by atoms with Crippen molar-refractivity contribution >= 4 is 5.91 Å².